The number of rotatable bonds is 4. The van der Waals surface area contributed by atoms with Gasteiger partial charge in [0.25, 0.3) is 5.91 Å². The molecule has 0 unspecified atom stereocenters. The van der Waals surface area contributed by atoms with Gasteiger partial charge < -0.3 is 5.32 Å². The van der Waals surface area contributed by atoms with E-state index in [1.807, 2.05) is 6.07 Å². The molecule has 0 aliphatic carbocycles. The highest BCUT2D eigenvalue weighted by atomic mass is 79.9. The molecule has 3 aromatic rings. The predicted octanol–water partition coefficient (Wildman–Crippen LogP) is 4.33. The number of benzene rings is 2. The summed E-state index contributed by atoms with van der Waals surface area (Å²) >= 11 is 3.37. The van der Waals surface area contributed by atoms with Gasteiger partial charge in [0.2, 0.25) is 5.78 Å². The van der Waals surface area contributed by atoms with Gasteiger partial charge >= 0.3 is 0 Å². The summed E-state index contributed by atoms with van der Waals surface area (Å²) in [5.41, 5.74) is 1.68. The van der Waals surface area contributed by atoms with E-state index in [4.69, 9.17) is 0 Å². The molecule has 0 radical (unpaired) electrons. The van der Waals surface area contributed by atoms with Crippen molar-refractivity contribution in [1.82, 2.24) is 4.98 Å². The quantitative estimate of drug-likeness (QED) is 0.685. The van der Waals surface area contributed by atoms with E-state index < -0.39 is 0 Å². The third kappa shape index (κ3) is 3.58. The van der Waals surface area contributed by atoms with Crippen LogP contribution in [0.5, 0.6) is 0 Å². The van der Waals surface area contributed by atoms with E-state index in [-0.39, 0.29) is 11.7 Å². The van der Waals surface area contributed by atoms with Crippen molar-refractivity contribution >= 4 is 33.3 Å². The average Bonchev–Trinajstić information content (AvgIpc) is 2.63. The van der Waals surface area contributed by atoms with Crippen molar-refractivity contribution in [3.05, 3.63) is 94.2 Å². The minimum Gasteiger partial charge on any atom is -0.321 e. The molecule has 0 fully saturated rings. The maximum atomic E-state index is 12.7. The number of hydrogen-bond acceptors (Lipinski definition) is 3. The van der Waals surface area contributed by atoms with E-state index in [1.54, 1.807) is 66.9 Å². The summed E-state index contributed by atoms with van der Waals surface area (Å²) in [6, 6.07) is 19.1. The fourth-order valence-electron chi connectivity index (χ4n) is 2.24. The van der Waals surface area contributed by atoms with Crippen LogP contribution in [0.25, 0.3) is 0 Å². The molecular formula is C19H13BrN2O2. The van der Waals surface area contributed by atoms with Crippen molar-refractivity contribution in [3.63, 3.8) is 0 Å². The summed E-state index contributed by atoms with van der Waals surface area (Å²) in [4.78, 5) is 29.1. The van der Waals surface area contributed by atoms with Gasteiger partial charge in [-0.25, -0.2) is 0 Å². The zero-order valence-corrected chi connectivity index (χ0v) is 14.2. The molecule has 0 saturated carbocycles. The smallest absolute Gasteiger partial charge is 0.255 e. The van der Waals surface area contributed by atoms with Crippen LogP contribution in [0.15, 0.2) is 77.4 Å². The van der Waals surface area contributed by atoms with Gasteiger partial charge in [-0.3, -0.25) is 14.6 Å². The SMILES string of the molecule is O=C(Nc1cc(Br)ccc1C(=O)c1ccccn1)c1ccccc1. The minimum atomic E-state index is -0.274. The molecule has 0 aliphatic rings. The Hall–Kier alpha value is -2.79. The molecule has 5 heteroatoms. The van der Waals surface area contributed by atoms with E-state index in [1.165, 1.54) is 0 Å². The van der Waals surface area contributed by atoms with Gasteiger partial charge in [-0.1, -0.05) is 40.2 Å². The number of aromatic nitrogens is 1. The molecule has 0 saturated heterocycles. The highest BCUT2D eigenvalue weighted by Gasteiger charge is 2.17. The van der Waals surface area contributed by atoms with E-state index in [0.29, 0.717) is 22.5 Å². The Bertz CT molecular complexity index is 880. The van der Waals surface area contributed by atoms with E-state index in [0.717, 1.165) is 4.47 Å². The molecular weight excluding hydrogens is 368 g/mol. The van der Waals surface area contributed by atoms with Crippen molar-refractivity contribution in [2.45, 2.75) is 0 Å². The van der Waals surface area contributed by atoms with E-state index >= 15 is 0 Å². The molecule has 0 aliphatic heterocycles. The first kappa shape index (κ1) is 16.1. The standard InChI is InChI=1S/C19H13BrN2O2/c20-14-9-10-15(18(23)16-8-4-5-11-21-16)17(12-14)22-19(24)13-6-2-1-3-7-13/h1-12H,(H,22,24). The molecule has 1 N–H and O–H groups in total. The van der Waals surface area contributed by atoms with Crippen LogP contribution in [0.3, 0.4) is 0 Å². The van der Waals surface area contributed by atoms with Gasteiger partial charge in [-0.2, -0.15) is 0 Å². The third-order valence-corrected chi connectivity index (χ3v) is 3.90. The molecule has 0 spiro atoms. The summed E-state index contributed by atoms with van der Waals surface area (Å²) < 4.78 is 0.767. The van der Waals surface area contributed by atoms with Crippen molar-refractivity contribution in [2.75, 3.05) is 5.32 Å². The Morgan fingerprint density at radius 2 is 1.67 bits per heavy atom. The molecule has 4 nitrogen and oxygen atoms in total. The lowest BCUT2D eigenvalue weighted by Crippen LogP contribution is -2.15. The normalized spacial score (nSPS) is 10.2. The second kappa shape index (κ2) is 7.19. The largest absolute Gasteiger partial charge is 0.321 e. The fourth-order valence-corrected chi connectivity index (χ4v) is 2.60. The molecule has 24 heavy (non-hydrogen) atoms. The molecule has 0 bridgehead atoms. The molecule has 118 valence electrons. The van der Waals surface area contributed by atoms with Gasteiger partial charge in [0.1, 0.15) is 5.69 Å². The van der Waals surface area contributed by atoms with Crippen LogP contribution in [0.2, 0.25) is 0 Å². The van der Waals surface area contributed by atoms with Crippen molar-refractivity contribution in [1.29, 1.82) is 0 Å². The number of carbonyl (C=O) groups excluding carboxylic acids is 2. The second-order valence-corrected chi connectivity index (χ2v) is 5.97. The topological polar surface area (TPSA) is 59.1 Å². The van der Waals surface area contributed by atoms with Gasteiger partial charge in [-0.05, 0) is 42.5 Å². The highest BCUT2D eigenvalue weighted by molar-refractivity contribution is 9.10. The van der Waals surface area contributed by atoms with Crippen LogP contribution in [0.4, 0.5) is 5.69 Å². The van der Waals surface area contributed by atoms with Gasteiger partial charge in [-0.15, -0.1) is 0 Å². The van der Waals surface area contributed by atoms with Crippen molar-refractivity contribution < 1.29 is 9.59 Å². The molecule has 1 aromatic heterocycles. The first-order valence-corrected chi connectivity index (χ1v) is 8.06. The van der Waals surface area contributed by atoms with E-state index in [2.05, 4.69) is 26.2 Å². The molecule has 0 atom stereocenters. The second-order valence-electron chi connectivity index (χ2n) is 5.05. The zero-order chi connectivity index (χ0) is 16.9. The summed E-state index contributed by atoms with van der Waals surface area (Å²) in [6.45, 7) is 0. The van der Waals surface area contributed by atoms with Gasteiger partial charge in [0.05, 0.1) is 5.69 Å². The lowest BCUT2D eigenvalue weighted by molar-refractivity contribution is 0.102. The first-order valence-electron chi connectivity index (χ1n) is 7.27. The molecule has 3 rings (SSSR count). The van der Waals surface area contributed by atoms with Crippen LogP contribution in [-0.4, -0.2) is 16.7 Å². The number of amides is 1. The summed E-state index contributed by atoms with van der Waals surface area (Å²) in [6.07, 6.45) is 1.56. The Labute approximate surface area is 147 Å². The van der Waals surface area contributed by atoms with Gasteiger partial charge in [0.15, 0.2) is 0 Å². The monoisotopic (exact) mass is 380 g/mol. The Morgan fingerprint density at radius 1 is 0.917 bits per heavy atom. The highest BCUT2D eigenvalue weighted by Crippen LogP contribution is 2.24. The summed E-state index contributed by atoms with van der Waals surface area (Å²) in [7, 11) is 0. The van der Waals surface area contributed by atoms with Crippen LogP contribution in [-0.2, 0) is 0 Å². The number of hydrogen-bond donors (Lipinski definition) is 1. The zero-order valence-electron chi connectivity index (χ0n) is 12.6. The van der Waals surface area contributed by atoms with E-state index in [9.17, 15) is 9.59 Å². The number of ketones is 1. The number of nitrogens with one attached hydrogen (secondary N) is 1. The Kier molecular flexibility index (Phi) is 4.82. The van der Waals surface area contributed by atoms with Crippen molar-refractivity contribution in [3.8, 4) is 0 Å². The number of pyridine rings is 1. The average molecular weight is 381 g/mol. The maximum Gasteiger partial charge on any atom is 0.255 e. The lowest BCUT2D eigenvalue weighted by Gasteiger charge is -2.11. The lowest BCUT2D eigenvalue weighted by atomic mass is 10.0. The first-order chi connectivity index (χ1) is 11.6. The third-order valence-electron chi connectivity index (χ3n) is 3.41. The van der Waals surface area contributed by atoms with Gasteiger partial charge in [0, 0.05) is 21.8 Å². The molecule has 2 aromatic carbocycles. The summed E-state index contributed by atoms with van der Waals surface area (Å²) in [5.74, 6) is -0.518. The predicted molar refractivity (Wildman–Crippen MR) is 96.2 cm³/mol. The maximum absolute atomic E-state index is 12.7. The fraction of sp³-hybridized carbons (Fsp3) is 0. The van der Waals surface area contributed by atoms with Crippen LogP contribution < -0.4 is 5.32 Å². The minimum absolute atomic E-state index is 0.244. The Balaban J connectivity index is 1.95. The van der Waals surface area contributed by atoms with Crippen LogP contribution in [0, 0.1) is 0 Å². The van der Waals surface area contributed by atoms with Crippen LogP contribution >= 0.6 is 15.9 Å². The molecule has 1 amide bonds. The number of anilines is 1. The number of halogens is 1. The number of carbonyl (C=O) groups is 2. The number of nitrogens with zero attached hydrogens (tertiary/aromatic N) is 1. The van der Waals surface area contributed by atoms with Crippen molar-refractivity contribution in [2.24, 2.45) is 0 Å². The Morgan fingerprint density at radius 3 is 2.38 bits per heavy atom. The van der Waals surface area contributed by atoms with Crippen LogP contribution in [0.1, 0.15) is 26.4 Å². The molecule has 1 heterocycles. The summed E-state index contributed by atoms with van der Waals surface area (Å²) in [5, 5.41) is 2.80.